The fourth-order valence-corrected chi connectivity index (χ4v) is 3.07. The van der Waals surface area contributed by atoms with Crippen molar-refractivity contribution in [1.82, 2.24) is 10.3 Å². The van der Waals surface area contributed by atoms with E-state index in [1.807, 2.05) is 6.07 Å². The molecule has 7 nitrogen and oxygen atoms in total. The molecule has 0 saturated carbocycles. The summed E-state index contributed by atoms with van der Waals surface area (Å²) in [6, 6.07) is 4.48. The minimum Gasteiger partial charge on any atom is -0.480 e. The number of nitrogens with zero attached hydrogens (tertiary/aromatic N) is 1. The third-order valence-electron chi connectivity index (χ3n) is 3.58. The first-order valence-corrected chi connectivity index (χ1v) is 8.23. The zero-order chi connectivity index (χ0) is 17.3. The third kappa shape index (κ3) is 3.18. The molecule has 0 bridgehead atoms. The molecule has 1 aliphatic heterocycles. The summed E-state index contributed by atoms with van der Waals surface area (Å²) in [5.74, 6) is -0.476. The van der Waals surface area contributed by atoms with Gasteiger partial charge >= 0.3 is 5.97 Å². The summed E-state index contributed by atoms with van der Waals surface area (Å²) in [4.78, 5) is 27.7. The van der Waals surface area contributed by atoms with Gasteiger partial charge in [0.25, 0.3) is 5.91 Å². The Kier molecular flexibility index (Phi) is 4.39. The second-order valence-corrected chi connectivity index (χ2v) is 6.50. The zero-order valence-electron chi connectivity index (χ0n) is 13.1. The lowest BCUT2D eigenvalue weighted by molar-refractivity contribution is -0.140. The number of rotatable bonds is 5. The van der Waals surface area contributed by atoms with Gasteiger partial charge in [-0.05, 0) is 24.1 Å². The van der Waals surface area contributed by atoms with Crippen molar-refractivity contribution in [2.75, 3.05) is 6.79 Å². The molecule has 0 fully saturated rings. The highest BCUT2D eigenvalue weighted by Gasteiger charge is 2.25. The van der Waals surface area contributed by atoms with Crippen LogP contribution in [0.4, 0.5) is 0 Å². The lowest BCUT2D eigenvalue weighted by atomic mass is 10.0. The molecule has 1 atom stereocenters. The molecule has 0 spiro atoms. The van der Waals surface area contributed by atoms with E-state index in [2.05, 4.69) is 10.3 Å². The smallest absolute Gasteiger partial charge is 0.326 e. The highest BCUT2D eigenvalue weighted by Crippen LogP contribution is 2.36. The van der Waals surface area contributed by atoms with Gasteiger partial charge in [0.05, 0.1) is 0 Å². The highest BCUT2D eigenvalue weighted by molar-refractivity contribution is 7.13. The Bertz CT molecular complexity index is 787. The van der Waals surface area contributed by atoms with Crippen molar-refractivity contribution in [3.8, 4) is 22.1 Å². The van der Waals surface area contributed by atoms with E-state index >= 15 is 0 Å². The molecule has 2 aromatic rings. The van der Waals surface area contributed by atoms with Gasteiger partial charge in [0.1, 0.15) is 16.7 Å². The maximum absolute atomic E-state index is 12.2. The molecule has 8 heteroatoms. The molecule has 24 heavy (non-hydrogen) atoms. The molecule has 1 aromatic heterocycles. The standard InChI is InChI=1S/C16H16N2O5S/c1-8(2)13(16(20)21)18-14(19)10-6-24-15(17-10)9-3-4-11-12(5-9)23-7-22-11/h3-6,8,13H,7H2,1-2H3,(H,18,19)(H,20,21)/t13-/m1/s1. The number of aromatic nitrogens is 1. The summed E-state index contributed by atoms with van der Waals surface area (Å²) in [6.07, 6.45) is 0. The average molecular weight is 348 g/mol. The summed E-state index contributed by atoms with van der Waals surface area (Å²) in [7, 11) is 0. The van der Waals surface area contributed by atoms with Crippen LogP contribution in [0.5, 0.6) is 11.5 Å². The van der Waals surface area contributed by atoms with E-state index in [9.17, 15) is 9.59 Å². The first kappa shape index (κ1) is 16.3. The summed E-state index contributed by atoms with van der Waals surface area (Å²) in [6.45, 7) is 3.66. The van der Waals surface area contributed by atoms with E-state index < -0.39 is 17.9 Å². The largest absolute Gasteiger partial charge is 0.480 e. The van der Waals surface area contributed by atoms with E-state index in [0.717, 1.165) is 5.56 Å². The van der Waals surface area contributed by atoms with E-state index in [0.29, 0.717) is 16.5 Å². The minimum atomic E-state index is -1.07. The number of nitrogens with one attached hydrogen (secondary N) is 1. The molecular weight excluding hydrogens is 332 g/mol. The monoisotopic (exact) mass is 348 g/mol. The van der Waals surface area contributed by atoms with Gasteiger partial charge in [0.15, 0.2) is 11.5 Å². The fraction of sp³-hybridized carbons (Fsp3) is 0.312. The summed E-state index contributed by atoms with van der Waals surface area (Å²) < 4.78 is 10.6. The van der Waals surface area contributed by atoms with Crippen molar-refractivity contribution in [1.29, 1.82) is 0 Å². The van der Waals surface area contributed by atoms with Crippen LogP contribution >= 0.6 is 11.3 Å². The Morgan fingerprint density at radius 3 is 2.75 bits per heavy atom. The van der Waals surface area contributed by atoms with Gasteiger partial charge in [-0.15, -0.1) is 11.3 Å². The van der Waals surface area contributed by atoms with Crippen molar-refractivity contribution >= 4 is 23.2 Å². The van der Waals surface area contributed by atoms with Crippen LogP contribution in [0.2, 0.25) is 0 Å². The Labute approximate surface area is 142 Å². The molecular formula is C16H16N2O5S. The topological polar surface area (TPSA) is 97.8 Å². The molecule has 126 valence electrons. The van der Waals surface area contributed by atoms with Gasteiger partial charge in [0, 0.05) is 10.9 Å². The maximum Gasteiger partial charge on any atom is 0.326 e. The van der Waals surface area contributed by atoms with E-state index in [4.69, 9.17) is 14.6 Å². The van der Waals surface area contributed by atoms with Gasteiger partial charge in [0.2, 0.25) is 6.79 Å². The first-order valence-electron chi connectivity index (χ1n) is 7.35. The molecule has 2 N–H and O–H groups in total. The van der Waals surface area contributed by atoms with Crippen LogP contribution in [-0.4, -0.2) is 34.8 Å². The predicted octanol–water partition coefficient (Wildman–Crippen LogP) is 2.38. The van der Waals surface area contributed by atoms with Gasteiger partial charge < -0.3 is 19.9 Å². The van der Waals surface area contributed by atoms with Crippen LogP contribution < -0.4 is 14.8 Å². The number of carboxylic acids is 1. The fourth-order valence-electron chi connectivity index (χ4n) is 2.27. The van der Waals surface area contributed by atoms with Crippen molar-refractivity contribution in [3.63, 3.8) is 0 Å². The quantitative estimate of drug-likeness (QED) is 0.861. The number of fused-ring (bicyclic) bond motifs is 1. The molecule has 3 rings (SSSR count). The van der Waals surface area contributed by atoms with Crippen LogP contribution in [0.3, 0.4) is 0 Å². The van der Waals surface area contributed by atoms with Gasteiger partial charge in [-0.1, -0.05) is 13.8 Å². The molecule has 0 saturated heterocycles. The molecule has 0 aliphatic carbocycles. The Balaban J connectivity index is 1.78. The highest BCUT2D eigenvalue weighted by atomic mass is 32.1. The maximum atomic E-state index is 12.2. The van der Waals surface area contributed by atoms with E-state index in [1.54, 1.807) is 31.4 Å². The molecule has 1 aromatic carbocycles. The van der Waals surface area contributed by atoms with Crippen LogP contribution in [0.15, 0.2) is 23.6 Å². The SMILES string of the molecule is CC(C)[C@@H](NC(=O)c1csc(-c2ccc3c(c2)OCO3)n1)C(=O)O. The average Bonchev–Trinajstić information content (AvgIpc) is 3.19. The van der Waals surface area contributed by atoms with E-state index in [1.165, 1.54) is 11.3 Å². The van der Waals surface area contributed by atoms with E-state index in [-0.39, 0.29) is 18.4 Å². The number of aliphatic carboxylic acids is 1. The second kappa shape index (κ2) is 6.48. The second-order valence-electron chi connectivity index (χ2n) is 5.64. The normalized spacial score (nSPS) is 13.8. The number of hydrogen-bond acceptors (Lipinski definition) is 6. The lowest BCUT2D eigenvalue weighted by Gasteiger charge is -2.16. The summed E-state index contributed by atoms with van der Waals surface area (Å²) in [5, 5.41) is 13.9. The number of thiazole rings is 1. The number of amides is 1. The van der Waals surface area contributed by atoms with Crippen LogP contribution in [0.25, 0.3) is 10.6 Å². The lowest BCUT2D eigenvalue weighted by Crippen LogP contribution is -2.44. The van der Waals surface area contributed by atoms with Crippen molar-refractivity contribution in [3.05, 3.63) is 29.3 Å². The zero-order valence-corrected chi connectivity index (χ0v) is 13.9. The summed E-state index contributed by atoms with van der Waals surface area (Å²) in [5.41, 5.74) is 1.00. The predicted molar refractivity (Wildman–Crippen MR) is 87.4 cm³/mol. The molecule has 0 unspecified atom stereocenters. The van der Waals surface area contributed by atoms with Gasteiger partial charge in [-0.25, -0.2) is 9.78 Å². The van der Waals surface area contributed by atoms with Crippen molar-refractivity contribution in [2.45, 2.75) is 19.9 Å². The van der Waals surface area contributed by atoms with Crippen molar-refractivity contribution < 1.29 is 24.2 Å². The summed E-state index contributed by atoms with van der Waals surface area (Å²) >= 11 is 1.30. The number of carbonyl (C=O) groups is 2. The van der Waals surface area contributed by atoms with Crippen LogP contribution in [0.1, 0.15) is 24.3 Å². The first-order chi connectivity index (χ1) is 11.5. The molecule has 0 radical (unpaired) electrons. The molecule has 1 amide bonds. The number of benzene rings is 1. The Morgan fingerprint density at radius 1 is 1.29 bits per heavy atom. The molecule has 1 aliphatic rings. The number of hydrogen-bond donors (Lipinski definition) is 2. The number of carboxylic acid groups (broad SMARTS) is 1. The number of carbonyl (C=O) groups excluding carboxylic acids is 1. The third-order valence-corrected chi connectivity index (χ3v) is 4.47. The molecule has 2 heterocycles. The number of ether oxygens (including phenoxy) is 2. The Morgan fingerprint density at radius 2 is 2.04 bits per heavy atom. The minimum absolute atomic E-state index is 0.191. The van der Waals surface area contributed by atoms with Crippen LogP contribution in [0, 0.1) is 5.92 Å². The Hall–Kier alpha value is -2.61. The van der Waals surface area contributed by atoms with Gasteiger partial charge in [-0.3, -0.25) is 4.79 Å². The van der Waals surface area contributed by atoms with Gasteiger partial charge in [-0.2, -0.15) is 0 Å². The van der Waals surface area contributed by atoms with Crippen molar-refractivity contribution in [2.24, 2.45) is 5.92 Å². The van der Waals surface area contributed by atoms with Crippen LogP contribution in [-0.2, 0) is 4.79 Å².